The summed E-state index contributed by atoms with van der Waals surface area (Å²) in [7, 11) is 1.99. The molecule has 1 aromatic rings. The lowest BCUT2D eigenvalue weighted by atomic mass is 9.75. The molecule has 0 spiro atoms. The van der Waals surface area contributed by atoms with E-state index < -0.39 is 5.82 Å². The topological polar surface area (TPSA) is 61.8 Å². The first-order chi connectivity index (χ1) is 9.84. The van der Waals surface area contributed by atoms with Gasteiger partial charge in [0.1, 0.15) is 5.82 Å². The zero-order valence-corrected chi connectivity index (χ0v) is 12.9. The van der Waals surface area contributed by atoms with Crippen LogP contribution < -0.4 is 10.6 Å². The molecule has 0 saturated heterocycles. The SMILES string of the molecule is CN(c1ccc(F)cc1/C(N)=N/O)C1CCC(C)(C)CC1. The van der Waals surface area contributed by atoms with Gasteiger partial charge in [0.05, 0.1) is 0 Å². The molecule has 0 amide bonds. The molecule has 0 aliphatic heterocycles. The summed E-state index contributed by atoms with van der Waals surface area (Å²) in [6, 6.07) is 4.82. The van der Waals surface area contributed by atoms with Crippen LogP contribution in [0.4, 0.5) is 10.1 Å². The van der Waals surface area contributed by atoms with E-state index >= 15 is 0 Å². The van der Waals surface area contributed by atoms with Crippen LogP contribution in [0.5, 0.6) is 0 Å². The van der Waals surface area contributed by atoms with Crippen molar-refractivity contribution in [3.05, 3.63) is 29.6 Å². The number of nitrogens with zero attached hydrogens (tertiary/aromatic N) is 2. The number of benzene rings is 1. The summed E-state index contributed by atoms with van der Waals surface area (Å²) in [4.78, 5) is 2.13. The van der Waals surface area contributed by atoms with Crippen molar-refractivity contribution in [2.75, 3.05) is 11.9 Å². The van der Waals surface area contributed by atoms with Crippen LogP contribution in [0.3, 0.4) is 0 Å². The molecule has 0 unspecified atom stereocenters. The van der Waals surface area contributed by atoms with Gasteiger partial charge >= 0.3 is 0 Å². The van der Waals surface area contributed by atoms with E-state index in [4.69, 9.17) is 10.9 Å². The predicted molar refractivity (Wildman–Crippen MR) is 83.4 cm³/mol. The van der Waals surface area contributed by atoms with Crippen LogP contribution in [0.15, 0.2) is 23.4 Å². The highest BCUT2D eigenvalue weighted by atomic mass is 19.1. The smallest absolute Gasteiger partial charge is 0.172 e. The van der Waals surface area contributed by atoms with Crippen molar-refractivity contribution in [3.63, 3.8) is 0 Å². The van der Waals surface area contributed by atoms with E-state index in [0.717, 1.165) is 18.5 Å². The molecule has 1 saturated carbocycles. The van der Waals surface area contributed by atoms with Crippen molar-refractivity contribution in [3.8, 4) is 0 Å². The van der Waals surface area contributed by atoms with Gasteiger partial charge in [-0.3, -0.25) is 0 Å². The third-order valence-electron chi connectivity index (χ3n) is 4.58. The molecular formula is C16H24FN3O. The summed E-state index contributed by atoms with van der Waals surface area (Å²) in [6.45, 7) is 4.59. The maximum Gasteiger partial charge on any atom is 0.172 e. The van der Waals surface area contributed by atoms with Gasteiger partial charge in [-0.05, 0) is 49.3 Å². The van der Waals surface area contributed by atoms with E-state index in [1.165, 1.54) is 25.0 Å². The number of rotatable bonds is 3. The van der Waals surface area contributed by atoms with Gasteiger partial charge in [-0.15, -0.1) is 0 Å². The summed E-state index contributed by atoms with van der Waals surface area (Å²) >= 11 is 0. The highest BCUT2D eigenvalue weighted by molar-refractivity contribution is 6.02. The summed E-state index contributed by atoms with van der Waals surface area (Å²) in [6.07, 6.45) is 4.52. The fourth-order valence-corrected chi connectivity index (χ4v) is 3.04. The summed E-state index contributed by atoms with van der Waals surface area (Å²) < 4.78 is 13.4. The normalized spacial score (nSPS) is 19.5. The van der Waals surface area contributed by atoms with E-state index in [1.807, 2.05) is 7.05 Å². The maximum absolute atomic E-state index is 13.4. The average molecular weight is 293 g/mol. The zero-order chi connectivity index (χ0) is 15.6. The average Bonchev–Trinajstić information content (AvgIpc) is 2.45. The number of amidine groups is 1. The van der Waals surface area contributed by atoms with Crippen molar-refractivity contribution in [2.24, 2.45) is 16.3 Å². The molecule has 1 aliphatic carbocycles. The molecule has 1 aliphatic rings. The first-order valence-corrected chi connectivity index (χ1v) is 7.34. The van der Waals surface area contributed by atoms with Crippen molar-refractivity contribution >= 4 is 11.5 Å². The zero-order valence-electron chi connectivity index (χ0n) is 12.9. The Bertz CT molecular complexity index is 532. The molecule has 0 bridgehead atoms. The van der Waals surface area contributed by atoms with Crippen LogP contribution in [-0.4, -0.2) is 24.1 Å². The second-order valence-corrected chi connectivity index (χ2v) is 6.65. The third kappa shape index (κ3) is 3.46. The molecule has 5 heteroatoms. The first kappa shape index (κ1) is 15.6. The summed E-state index contributed by atoms with van der Waals surface area (Å²) in [5.41, 5.74) is 7.32. The minimum absolute atomic E-state index is 0.0625. The van der Waals surface area contributed by atoms with E-state index in [1.54, 1.807) is 6.07 Å². The Morgan fingerprint density at radius 3 is 2.57 bits per heavy atom. The number of nitrogens with two attached hydrogens (primary N) is 1. The standard InChI is InChI=1S/C16H24FN3O/c1-16(2)8-6-12(7-9-16)20(3)14-5-4-11(17)10-13(14)15(18)19-21/h4-5,10,12,21H,6-9H2,1-3H3,(H2,18,19). The number of halogens is 1. The maximum atomic E-state index is 13.4. The largest absolute Gasteiger partial charge is 0.409 e. The Morgan fingerprint density at radius 1 is 1.38 bits per heavy atom. The fourth-order valence-electron chi connectivity index (χ4n) is 3.04. The minimum Gasteiger partial charge on any atom is -0.409 e. The van der Waals surface area contributed by atoms with Gasteiger partial charge in [-0.1, -0.05) is 19.0 Å². The van der Waals surface area contributed by atoms with Crippen molar-refractivity contribution in [1.29, 1.82) is 0 Å². The van der Waals surface area contributed by atoms with Gasteiger partial charge in [0.25, 0.3) is 0 Å². The van der Waals surface area contributed by atoms with Gasteiger partial charge in [0, 0.05) is 24.3 Å². The Balaban J connectivity index is 2.25. The molecule has 3 N–H and O–H groups in total. The van der Waals surface area contributed by atoms with Crippen molar-refractivity contribution in [1.82, 2.24) is 0 Å². The number of hydrogen-bond acceptors (Lipinski definition) is 3. The van der Waals surface area contributed by atoms with Crippen LogP contribution in [0.1, 0.15) is 45.1 Å². The molecule has 116 valence electrons. The lowest BCUT2D eigenvalue weighted by Crippen LogP contribution is -2.38. The molecule has 0 radical (unpaired) electrons. The summed E-state index contributed by atoms with van der Waals surface area (Å²) in [5, 5.41) is 11.9. The molecule has 0 atom stereocenters. The second kappa shape index (κ2) is 5.92. The monoisotopic (exact) mass is 293 g/mol. The Kier molecular flexibility index (Phi) is 4.40. The molecular weight excluding hydrogens is 269 g/mol. The Morgan fingerprint density at radius 2 is 2.00 bits per heavy atom. The van der Waals surface area contributed by atoms with Crippen LogP contribution in [0, 0.1) is 11.2 Å². The molecule has 4 nitrogen and oxygen atoms in total. The second-order valence-electron chi connectivity index (χ2n) is 6.65. The quantitative estimate of drug-likeness (QED) is 0.389. The molecule has 0 aromatic heterocycles. The molecule has 2 rings (SSSR count). The van der Waals surface area contributed by atoms with Crippen LogP contribution in [0.25, 0.3) is 0 Å². The van der Waals surface area contributed by atoms with E-state index in [2.05, 4.69) is 23.9 Å². The minimum atomic E-state index is -0.390. The van der Waals surface area contributed by atoms with E-state index in [0.29, 0.717) is 17.0 Å². The van der Waals surface area contributed by atoms with Crippen LogP contribution >= 0.6 is 0 Å². The van der Waals surface area contributed by atoms with Crippen LogP contribution in [0.2, 0.25) is 0 Å². The summed E-state index contributed by atoms with van der Waals surface area (Å²) in [5.74, 6) is -0.453. The first-order valence-electron chi connectivity index (χ1n) is 7.34. The van der Waals surface area contributed by atoms with Gasteiger partial charge < -0.3 is 15.8 Å². The van der Waals surface area contributed by atoms with E-state index in [-0.39, 0.29) is 5.84 Å². The van der Waals surface area contributed by atoms with Gasteiger partial charge in [-0.25, -0.2) is 4.39 Å². The molecule has 0 heterocycles. The van der Waals surface area contributed by atoms with Gasteiger partial charge in [0.15, 0.2) is 5.84 Å². The highest BCUT2D eigenvalue weighted by Gasteiger charge is 2.29. The van der Waals surface area contributed by atoms with Crippen molar-refractivity contribution in [2.45, 2.75) is 45.6 Å². The Labute approximate surface area is 125 Å². The van der Waals surface area contributed by atoms with Gasteiger partial charge in [-0.2, -0.15) is 0 Å². The van der Waals surface area contributed by atoms with Crippen molar-refractivity contribution < 1.29 is 9.60 Å². The number of anilines is 1. The Hall–Kier alpha value is -1.78. The van der Waals surface area contributed by atoms with E-state index in [9.17, 15) is 4.39 Å². The molecule has 21 heavy (non-hydrogen) atoms. The van der Waals surface area contributed by atoms with Crippen LogP contribution in [-0.2, 0) is 0 Å². The van der Waals surface area contributed by atoms with Gasteiger partial charge in [0.2, 0.25) is 0 Å². The molecule has 1 aromatic carbocycles. The predicted octanol–water partition coefficient (Wildman–Crippen LogP) is 3.33. The third-order valence-corrected chi connectivity index (χ3v) is 4.58. The lowest BCUT2D eigenvalue weighted by molar-refractivity contribution is 0.222. The highest BCUT2D eigenvalue weighted by Crippen LogP contribution is 2.38. The lowest BCUT2D eigenvalue weighted by Gasteiger charge is -2.40. The number of oxime groups is 1. The number of hydrogen-bond donors (Lipinski definition) is 2. The fraction of sp³-hybridized carbons (Fsp3) is 0.562. The molecule has 1 fully saturated rings.